The van der Waals surface area contributed by atoms with E-state index in [2.05, 4.69) is 4.84 Å². The molecule has 1 aliphatic heterocycles. The van der Waals surface area contributed by atoms with Crippen LogP contribution in [0.1, 0.15) is 50.3 Å². The Morgan fingerprint density at radius 2 is 1.48 bits per heavy atom. The van der Waals surface area contributed by atoms with Crippen molar-refractivity contribution in [3.8, 4) is 0 Å². The fourth-order valence-corrected chi connectivity index (χ4v) is 3.27. The maximum atomic E-state index is 12.1. The smallest absolute Gasteiger partial charge is 0.303 e. The first-order chi connectivity index (χ1) is 17.8. The summed E-state index contributed by atoms with van der Waals surface area (Å²) in [6.07, 6.45) is -4.18. The zero-order valence-corrected chi connectivity index (χ0v) is 17.5. The normalized spacial score (nSPS) is 26.2. The number of hydrogen-bond acceptors (Lipinski definition) is 11. The van der Waals surface area contributed by atoms with Gasteiger partial charge in [0, 0.05) is 33.1 Å². The first-order valence-corrected chi connectivity index (χ1v) is 9.46. The Bertz CT molecular complexity index is 961. The summed E-state index contributed by atoms with van der Waals surface area (Å²) >= 11 is 0. The quantitative estimate of drug-likeness (QED) is 0.254. The lowest BCUT2D eigenvalue weighted by atomic mass is 9.90. The monoisotopic (exact) mass is 469 g/mol. The van der Waals surface area contributed by atoms with E-state index < -0.39 is 88.6 Å². The second kappa shape index (κ2) is 12.0. The van der Waals surface area contributed by atoms with Crippen molar-refractivity contribution in [2.75, 3.05) is 6.61 Å². The van der Waals surface area contributed by atoms with Crippen LogP contribution in [0, 0.1) is 0 Å². The van der Waals surface area contributed by atoms with Crippen molar-refractivity contribution < 1.29 is 53.2 Å². The van der Waals surface area contributed by atoms with Crippen molar-refractivity contribution in [1.82, 2.24) is 0 Å². The van der Waals surface area contributed by atoms with Crippen LogP contribution < -0.4 is 5.90 Å². The predicted molar refractivity (Wildman–Crippen MR) is 112 cm³/mol. The molecule has 1 unspecified atom stereocenters. The largest absolute Gasteiger partial charge is 0.463 e. The third-order valence-corrected chi connectivity index (χ3v) is 4.45. The van der Waals surface area contributed by atoms with Crippen LogP contribution in [0.4, 0.5) is 0 Å². The van der Waals surface area contributed by atoms with Crippen molar-refractivity contribution in [3.63, 3.8) is 0 Å². The van der Waals surface area contributed by atoms with Gasteiger partial charge in [-0.05, 0) is 17.2 Å². The minimum Gasteiger partial charge on any atom is -0.463 e. The molecule has 0 saturated carbocycles. The Hall–Kier alpha value is -3.44. The molecule has 1 fully saturated rings. The molecule has 2 N–H and O–H groups in total. The van der Waals surface area contributed by atoms with Crippen LogP contribution in [0.2, 0.25) is 0 Å². The number of ether oxygens (including phenoxy) is 5. The minimum atomic E-state index is -1.55. The molecule has 0 radical (unpaired) electrons. The summed E-state index contributed by atoms with van der Waals surface area (Å²) in [5.41, 5.74) is 1.08. The van der Waals surface area contributed by atoms with Gasteiger partial charge in [-0.15, -0.1) is 0 Å². The Labute approximate surface area is 196 Å². The third kappa shape index (κ3) is 7.58. The van der Waals surface area contributed by atoms with E-state index in [1.165, 1.54) is 6.26 Å². The fourth-order valence-electron chi connectivity index (χ4n) is 3.27. The van der Waals surface area contributed by atoms with Crippen molar-refractivity contribution in [2.45, 2.75) is 58.1 Å². The molecule has 1 saturated heterocycles. The molecule has 1 aromatic carbocycles. The Morgan fingerprint density at radius 1 is 0.909 bits per heavy atom. The SMILES string of the molecule is [2H]CC(=O)OC[C@H]1OC(c2ccc(C=CON)cc2)[C@H](OC(=O)C[2H])[C@H](OC(=O)C[2H])[C@@H]1OC(=O)C[2H]. The highest BCUT2D eigenvalue weighted by Gasteiger charge is 2.52. The highest BCUT2D eigenvalue weighted by Crippen LogP contribution is 2.37. The van der Waals surface area contributed by atoms with Crippen LogP contribution in [0.15, 0.2) is 30.5 Å². The van der Waals surface area contributed by atoms with E-state index in [1.54, 1.807) is 30.3 Å². The van der Waals surface area contributed by atoms with E-state index in [1.807, 2.05) is 0 Å². The van der Waals surface area contributed by atoms with Gasteiger partial charge in [0.05, 0.1) is 0 Å². The van der Waals surface area contributed by atoms with Gasteiger partial charge in [-0.1, -0.05) is 24.3 Å². The molecule has 11 heteroatoms. The summed E-state index contributed by atoms with van der Waals surface area (Å²) in [5, 5.41) is 0. The zero-order chi connectivity index (χ0) is 27.4. The van der Waals surface area contributed by atoms with Gasteiger partial charge in [0.15, 0.2) is 18.3 Å². The lowest BCUT2D eigenvalue weighted by molar-refractivity contribution is -0.254. The molecule has 33 heavy (non-hydrogen) atoms. The van der Waals surface area contributed by atoms with Crippen LogP contribution in [-0.2, 0) is 47.7 Å². The number of carbonyl (C=O) groups excluding carboxylic acids is 4. The number of benzene rings is 1. The molecule has 1 aromatic rings. The molecule has 180 valence electrons. The molecule has 5 atom stereocenters. The fraction of sp³-hybridized carbons (Fsp3) is 0.455. The summed E-state index contributed by atoms with van der Waals surface area (Å²) in [4.78, 5) is 52.4. The first-order valence-electron chi connectivity index (χ1n) is 12.3. The molecule has 0 spiro atoms. The van der Waals surface area contributed by atoms with E-state index in [-0.39, 0.29) is 0 Å². The van der Waals surface area contributed by atoms with Crippen molar-refractivity contribution in [1.29, 1.82) is 0 Å². The van der Waals surface area contributed by atoms with Crippen LogP contribution in [0.25, 0.3) is 6.08 Å². The summed E-state index contributed by atoms with van der Waals surface area (Å²) < 4.78 is 56.1. The first kappa shape index (κ1) is 20.2. The Kier molecular flexibility index (Phi) is 7.33. The topological polar surface area (TPSA) is 150 Å². The molecule has 0 aromatic heterocycles. The van der Waals surface area contributed by atoms with E-state index >= 15 is 0 Å². The maximum absolute atomic E-state index is 12.1. The van der Waals surface area contributed by atoms with Gasteiger partial charge in [0.25, 0.3) is 0 Å². The Morgan fingerprint density at radius 3 is 2.06 bits per heavy atom. The standard InChI is InChI=1S/C22H27NO10/c1-12(24)28-11-18-20(30-13(2)25)22(32-15(4)27)21(31-14(3)26)19(33-18)17-7-5-16(6-8-17)9-10-29-23/h5-10,18-22H,11,23H2,1-4H3/t18-,19?,20-,21+,22-/m1/s1/i1D,2D,3D,4D. The molecule has 1 heterocycles. The molecule has 0 amide bonds. The second-order valence-corrected chi connectivity index (χ2v) is 6.75. The minimum absolute atomic E-state index is 0.405. The summed E-state index contributed by atoms with van der Waals surface area (Å²) in [6.45, 7) is -3.64. The second-order valence-electron chi connectivity index (χ2n) is 6.75. The summed E-state index contributed by atoms with van der Waals surface area (Å²) in [6, 6.07) is 6.47. The third-order valence-electron chi connectivity index (χ3n) is 4.45. The van der Waals surface area contributed by atoms with Crippen LogP contribution in [0.5, 0.6) is 0 Å². The van der Waals surface area contributed by atoms with Gasteiger partial charge < -0.3 is 28.5 Å². The lowest BCUT2D eigenvalue weighted by Gasteiger charge is -2.44. The summed E-state index contributed by atoms with van der Waals surface area (Å²) in [5.74, 6) is 0.974. The molecule has 1 aliphatic rings. The van der Waals surface area contributed by atoms with Crippen LogP contribution in [0.3, 0.4) is 0 Å². The van der Waals surface area contributed by atoms with Crippen LogP contribution in [-0.4, -0.2) is 54.9 Å². The van der Waals surface area contributed by atoms with Crippen molar-refractivity contribution in [2.24, 2.45) is 5.90 Å². The number of rotatable bonds is 8. The van der Waals surface area contributed by atoms with E-state index in [9.17, 15) is 19.2 Å². The highest BCUT2D eigenvalue weighted by atomic mass is 16.7. The van der Waals surface area contributed by atoms with E-state index in [0.717, 1.165) is 0 Å². The van der Waals surface area contributed by atoms with Gasteiger partial charge in [-0.2, -0.15) is 5.90 Å². The molecule has 0 aliphatic carbocycles. The molecule has 2 rings (SSSR count). The highest BCUT2D eigenvalue weighted by molar-refractivity contribution is 5.69. The zero-order valence-electron chi connectivity index (χ0n) is 21.5. The van der Waals surface area contributed by atoms with Gasteiger partial charge >= 0.3 is 23.9 Å². The van der Waals surface area contributed by atoms with E-state index in [0.29, 0.717) is 11.1 Å². The maximum Gasteiger partial charge on any atom is 0.303 e. The predicted octanol–water partition coefficient (Wildman–Crippen LogP) is 1.35. The van der Waals surface area contributed by atoms with E-state index in [4.69, 9.17) is 35.1 Å². The van der Waals surface area contributed by atoms with Crippen molar-refractivity contribution in [3.05, 3.63) is 41.7 Å². The van der Waals surface area contributed by atoms with Crippen LogP contribution >= 0.6 is 0 Å². The number of hydrogen-bond donors (Lipinski definition) is 1. The molecular formula is C22H27NO10. The lowest BCUT2D eigenvalue weighted by Crippen LogP contribution is -2.59. The number of nitrogens with two attached hydrogens (primary N) is 1. The van der Waals surface area contributed by atoms with Gasteiger partial charge in [0.2, 0.25) is 0 Å². The average molecular weight is 469 g/mol. The molecule has 0 bridgehead atoms. The van der Waals surface area contributed by atoms with Crippen molar-refractivity contribution >= 4 is 30.0 Å². The van der Waals surface area contributed by atoms with Gasteiger partial charge in [-0.25, -0.2) is 0 Å². The average Bonchev–Trinajstić information content (AvgIpc) is 2.92. The summed E-state index contributed by atoms with van der Waals surface area (Å²) in [7, 11) is 0. The van der Waals surface area contributed by atoms with Gasteiger partial charge in [0.1, 0.15) is 25.1 Å². The Balaban J connectivity index is 2.56. The van der Waals surface area contributed by atoms with Gasteiger partial charge in [-0.3, -0.25) is 19.2 Å². The molecular weight excluding hydrogens is 438 g/mol. The number of carbonyl (C=O) groups is 4. The molecule has 11 nitrogen and oxygen atoms in total. The number of esters is 4.